The zero-order chi connectivity index (χ0) is 11.6. The smallest absolute Gasteiger partial charge is 0.387 e. The molecule has 82 valence electrons. The van der Waals surface area contributed by atoms with E-state index < -0.39 is 6.61 Å². The Balaban J connectivity index is 3.17. The van der Waals surface area contributed by atoms with Crippen LogP contribution in [0.15, 0.2) is 16.6 Å². The number of alkyl halides is 2. The first-order valence-corrected chi connectivity index (χ1v) is 5.73. The minimum Gasteiger partial charge on any atom is -0.435 e. The summed E-state index contributed by atoms with van der Waals surface area (Å²) in [7, 11) is 0. The van der Waals surface area contributed by atoms with Crippen molar-refractivity contribution in [3.63, 3.8) is 0 Å². The lowest BCUT2D eigenvalue weighted by Gasteiger charge is -2.08. The standard InChI is InChI=1S/C9H6BrF2IO2/c1-4(14)6-2-5(15-9(11)12)3-7(10)8(6)13/h2-3,9H,1H3. The maximum absolute atomic E-state index is 12.0. The average Bonchev–Trinajstić information content (AvgIpc) is 2.09. The molecule has 1 rings (SSSR count). The van der Waals surface area contributed by atoms with Crippen molar-refractivity contribution in [2.75, 3.05) is 0 Å². The van der Waals surface area contributed by atoms with Crippen LogP contribution in [0.4, 0.5) is 8.78 Å². The number of benzene rings is 1. The Bertz CT molecular complexity index is 396. The first-order valence-electron chi connectivity index (χ1n) is 3.86. The van der Waals surface area contributed by atoms with Gasteiger partial charge in [-0.3, -0.25) is 4.79 Å². The zero-order valence-corrected chi connectivity index (χ0v) is 11.3. The summed E-state index contributed by atoms with van der Waals surface area (Å²) in [6.45, 7) is -1.52. The molecule has 0 saturated heterocycles. The van der Waals surface area contributed by atoms with Crippen LogP contribution in [0.1, 0.15) is 17.3 Å². The number of ketones is 1. The molecule has 0 fully saturated rings. The van der Waals surface area contributed by atoms with Gasteiger partial charge in [-0.15, -0.1) is 0 Å². The molecule has 0 N–H and O–H groups in total. The Morgan fingerprint density at radius 2 is 2.13 bits per heavy atom. The van der Waals surface area contributed by atoms with Crippen molar-refractivity contribution < 1.29 is 18.3 Å². The van der Waals surface area contributed by atoms with E-state index in [1.54, 1.807) is 0 Å². The Morgan fingerprint density at radius 3 is 2.60 bits per heavy atom. The van der Waals surface area contributed by atoms with Crippen LogP contribution in [-0.2, 0) is 0 Å². The number of hydrogen-bond acceptors (Lipinski definition) is 2. The summed E-state index contributed by atoms with van der Waals surface area (Å²) in [5.74, 6) is -0.220. The van der Waals surface area contributed by atoms with E-state index in [4.69, 9.17) is 0 Å². The summed E-state index contributed by atoms with van der Waals surface area (Å²) in [5.41, 5.74) is 0.362. The second kappa shape index (κ2) is 5.20. The van der Waals surface area contributed by atoms with Crippen molar-refractivity contribution in [3.8, 4) is 5.75 Å². The number of ether oxygens (including phenoxy) is 1. The van der Waals surface area contributed by atoms with Crippen molar-refractivity contribution in [2.45, 2.75) is 13.5 Å². The van der Waals surface area contributed by atoms with Gasteiger partial charge in [-0.05, 0) is 57.6 Å². The van der Waals surface area contributed by atoms with Crippen LogP contribution in [0.5, 0.6) is 5.75 Å². The fraction of sp³-hybridized carbons (Fsp3) is 0.222. The predicted molar refractivity (Wildman–Crippen MR) is 63.5 cm³/mol. The van der Waals surface area contributed by atoms with Crippen molar-refractivity contribution >= 4 is 44.3 Å². The lowest BCUT2D eigenvalue weighted by molar-refractivity contribution is -0.0499. The molecule has 2 nitrogen and oxygen atoms in total. The van der Waals surface area contributed by atoms with E-state index in [2.05, 4.69) is 20.7 Å². The van der Waals surface area contributed by atoms with Gasteiger partial charge in [0.15, 0.2) is 5.78 Å². The molecule has 0 saturated carbocycles. The van der Waals surface area contributed by atoms with Crippen LogP contribution in [0.3, 0.4) is 0 Å². The number of carbonyl (C=O) groups is 1. The van der Waals surface area contributed by atoms with Crippen LogP contribution in [0.2, 0.25) is 0 Å². The fourth-order valence-corrected chi connectivity index (χ4v) is 2.12. The molecule has 0 aliphatic rings. The molecule has 0 unspecified atom stereocenters. The van der Waals surface area contributed by atoms with E-state index in [0.717, 1.165) is 0 Å². The highest BCUT2D eigenvalue weighted by molar-refractivity contribution is 14.1. The summed E-state index contributed by atoms with van der Waals surface area (Å²) >= 11 is 5.13. The monoisotopic (exact) mass is 390 g/mol. The van der Waals surface area contributed by atoms with Gasteiger partial charge in [-0.2, -0.15) is 8.78 Å². The second-order valence-electron chi connectivity index (χ2n) is 2.70. The number of hydrogen-bond donors (Lipinski definition) is 0. The van der Waals surface area contributed by atoms with Gasteiger partial charge < -0.3 is 4.74 Å². The molecule has 0 aliphatic carbocycles. The predicted octanol–water partition coefficient (Wildman–Crippen LogP) is 3.86. The van der Waals surface area contributed by atoms with Gasteiger partial charge in [0.25, 0.3) is 0 Å². The van der Waals surface area contributed by atoms with Gasteiger partial charge in [0.1, 0.15) is 5.75 Å². The normalized spacial score (nSPS) is 10.5. The molecule has 0 atom stereocenters. The molecule has 0 aromatic heterocycles. The van der Waals surface area contributed by atoms with Crippen molar-refractivity contribution in [3.05, 3.63) is 25.7 Å². The third-order valence-electron chi connectivity index (χ3n) is 1.61. The van der Waals surface area contributed by atoms with Gasteiger partial charge in [0.05, 0.1) is 0 Å². The van der Waals surface area contributed by atoms with Gasteiger partial charge in [0, 0.05) is 13.6 Å². The highest BCUT2D eigenvalue weighted by Crippen LogP contribution is 2.29. The quantitative estimate of drug-likeness (QED) is 0.578. The minimum absolute atomic E-state index is 0.0255. The van der Waals surface area contributed by atoms with Crippen LogP contribution < -0.4 is 4.74 Å². The summed E-state index contributed by atoms with van der Waals surface area (Å²) in [5, 5.41) is 0. The minimum atomic E-state index is -2.89. The fourth-order valence-electron chi connectivity index (χ4n) is 0.991. The maximum Gasteiger partial charge on any atom is 0.387 e. The van der Waals surface area contributed by atoms with Gasteiger partial charge in [-0.25, -0.2) is 0 Å². The third kappa shape index (κ3) is 3.37. The number of rotatable bonds is 3. The summed E-state index contributed by atoms with van der Waals surface area (Å²) in [6, 6.07) is 2.71. The van der Waals surface area contributed by atoms with Crippen molar-refractivity contribution in [1.82, 2.24) is 0 Å². The van der Waals surface area contributed by atoms with Crippen LogP contribution >= 0.6 is 38.5 Å². The highest BCUT2D eigenvalue weighted by atomic mass is 127. The van der Waals surface area contributed by atoms with E-state index in [9.17, 15) is 13.6 Å². The van der Waals surface area contributed by atoms with Crippen LogP contribution in [0, 0.1) is 3.57 Å². The second-order valence-corrected chi connectivity index (χ2v) is 4.63. The molecule has 1 aromatic carbocycles. The van der Waals surface area contributed by atoms with Crippen LogP contribution in [-0.4, -0.2) is 12.4 Å². The molecular weight excluding hydrogens is 385 g/mol. The van der Waals surface area contributed by atoms with Gasteiger partial charge >= 0.3 is 6.61 Å². The lowest BCUT2D eigenvalue weighted by atomic mass is 10.1. The molecular formula is C9H6BrF2IO2. The SMILES string of the molecule is CC(=O)c1cc(OC(F)F)cc(Br)c1I. The van der Waals surface area contributed by atoms with Crippen molar-refractivity contribution in [2.24, 2.45) is 0 Å². The summed E-state index contributed by atoms with van der Waals surface area (Å²) in [6.07, 6.45) is 0. The molecule has 0 spiro atoms. The molecule has 0 radical (unpaired) electrons. The van der Waals surface area contributed by atoms with Gasteiger partial charge in [0.2, 0.25) is 0 Å². The van der Waals surface area contributed by atoms with E-state index in [0.29, 0.717) is 13.6 Å². The first-order chi connectivity index (χ1) is 6.91. The third-order valence-corrected chi connectivity index (χ3v) is 4.14. The Hall–Kier alpha value is -0.240. The molecule has 0 aliphatic heterocycles. The summed E-state index contributed by atoms with van der Waals surface area (Å²) in [4.78, 5) is 11.2. The zero-order valence-electron chi connectivity index (χ0n) is 7.56. The van der Waals surface area contributed by atoms with Crippen LogP contribution in [0.25, 0.3) is 0 Å². The topological polar surface area (TPSA) is 26.3 Å². The highest BCUT2D eigenvalue weighted by Gasteiger charge is 2.13. The molecule has 0 amide bonds. The lowest BCUT2D eigenvalue weighted by Crippen LogP contribution is -2.04. The maximum atomic E-state index is 12.0. The number of carbonyl (C=O) groups excluding carboxylic acids is 1. The molecule has 6 heteroatoms. The largest absolute Gasteiger partial charge is 0.435 e. The Labute approximate surface area is 107 Å². The molecule has 15 heavy (non-hydrogen) atoms. The van der Waals surface area contributed by atoms with Crippen molar-refractivity contribution in [1.29, 1.82) is 0 Å². The number of halogens is 4. The van der Waals surface area contributed by atoms with E-state index in [1.807, 2.05) is 22.6 Å². The Morgan fingerprint density at radius 1 is 1.53 bits per heavy atom. The first kappa shape index (κ1) is 12.8. The molecule has 1 aromatic rings. The van der Waals surface area contributed by atoms with E-state index in [-0.39, 0.29) is 11.5 Å². The molecule has 0 bridgehead atoms. The summed E-state index contributed by atoms with van der Waals surface area (Å²) < 4.78 is 29.4. The number of Topliss-reactive ketones (excluding diaryl/α,β-unsaturated/α-hetero) is 1. The van der Waals surface area contributed by atoms with E-state index >= 15 is 0 Å². The van der Waals surface area contributed by atoms with Gasteiger partial charge in [-0.1, -0.05) is 0 Å². The average molecular weight is 391 g/mol. The van der Waals surface area contributed by atoms with E-state index in [1.165, 1.54) is 19.1 Å². The Kier molecular flexibility index (Phi) is 4.45. The molecule has 0 heterocycles.